The molecule has 3 heteroatoms. The van der Waals surface area contributed by atoms with Gasteiger partial charge in [-0.1, -0.05) is 75.6 Å². The van der Waals surface area contributed by atoms with Crippen LogP contribution in [0.5, 0.6) is 0 Å². The lowest BCUT2D eigenvalue weighted by Gasteiger charge is -2.20. The van der Waals surface area contributed by atoms with Crippen molar-refractivity contribution >= 4 is 32.4 Å². The van der Waals surface area contributed by atoms with Gasteiger partial charge in [-0.05, 0) is 15.5 Å². The first-order valence-electron chi connectivity index (χ1n) is 5.69. The van der Waals surface area contributed by atoms with Crippen LogP contribution in [0.4, 0.5) is 0 Å². The van der Waals surface area contributed by atoms with E-state index in [0.29, 0.717) is 20.9 Å². The van der Waals surface area contributed by atoms with Gasteiger partial charge in [0.05, 0.1) is 6.10 Å². The minimum atomic E-state index is 0.294. The minimum Gasteiger partial charge on any atom is -0.411 e. The zero-order valence-corrected chi connectivity index (χ0v) is 13.5. The van der Waals surface area contributed by atoms with E-state index in [0.717, 1.165) is 6.42 Å². The van der Waals surface area contributed by atoms with Gasteiger partial charge in [0.2, 0.25) is 9.76 Å². The van der Waals surface area contributed by atoms with Crippen LogP contribution in [0, 0.1) is 0 Å². The van der Waals surface area contributed by atoms with Crippen molar-refractivity contribution in [3.63, 3.8) is 0 Å². The predicted octanol–water partition coefficient (Wildman–Crippen LogP) is 4.74. The molecular weight excluding hydrogens is 315 g/mol. The monoisotopic (exact) mass is 338 g/mol. The van der Waals surface area contributed by atoms with E-state index in [9.17, 15) is 0 Å². The molecule has 0 fully saturated rings. The highest BCUT2D eigenvalue weighted by molar-refractivity contribution is 14.1. The summed E-state index contributed by atoms with van der Waals surface area (Å²) >= 11 is 2.27. The lowest BCUT2D eigenvalue weighted by atomic mass is 10.1. The summed E-state index contributed by atoms with van der Waals surface area (Å²) in [6.07, 6.45) is 7.53. The van der Waals surface area contributed by atoms with Gasteiger partial charge in [0, 0.05) is 0 Å². The Hall–Kier alpha value is 0.647. The summed E-state index contributed by atoms with van der Waals surface area (Å²) in [4.78, 5) is 0. The quantitative estimate of drug-likeness (QED) is 0.370. The highest BCUT2D eigenvalue weighted by Crippen LogP contribution is 2.22. The van der Waals surface area contributed by atoms with Gasteiger partial charge < -0.3 is 4.43 Å². The molecule has 0 saturated carbocycles. The molecular formula is C12H23IOSi. The lowest BCUT2D eigenvalue weighted by molar-refractivity contribution is 0.236. The fourth-order valence-electron chi connectivity index (χ4n) is 1.12. The second-order valence-electron chi connectivity index (χ2n) is 4.82. The Kier molecular flexibility index (Phi) is 9.14. The van der Waals surface area contributed by atoms with Crippen molar-refractivity contribution in [1.82, 2.24) is 0 Å². The molecule has 0 spiro atoms. The molecule has 0 bridgehead atoms. The maximum Gasteiger partial charge on any atom is 0.236 e. The molecule has 1 nitrogen and oxygen atoms in total. The molecule has 0 aliphatic rings. The Labute approximate surface area is 111 Å². The molecule has 0 aliphatic carbocycles. The molecule has 0 amide bonds. The largest absolute Gasteiger partial charge is 0.411 e. The second kappa shape index (κ2) is 8.76. The van der Waals surface area contributed by atoms with Crippen LogP contribution in [0.3, 0.4) is 0 Å². The van der Waals surface area contributed by atoms with Gasteiger partial charge in [-0.2, -0.15) is 0 Å². The average Bonchev–Trinajstić information content (AvgIpc) is 2.13. The van der Waals surface area contributed by atoms with Crippen LogP contribution in [0.2, 0.25) is 5.04 Å². The van der Waals surface area contributed by atoms with Gasteiger partial charge in [-0.3, -0.25) is 0 Å². The van der Waals surface area contributed by atoms with Crippen LogP contribution in [-0.4, -0.2) is 15.9 Å². The van der Waals surface area contributed by atoms with Crippen molar-refractivity contribution in [3.8, 4) is 0 Å². The molecule has 0 rings (SSSR count). The summed E-state index contributed by atoms with van der Waals surface area (Å²) in [5.41, 5.74) is 0. The fraction of sp³-hybridized carbons (Fsp3) is 0.833. The molecule has 0 heterocycles. The molecule has 0 aromatic heterocycles. The first-order valence-corrected chi connectivity index (χ1v) is 7.84. The van der Waals surface area contributed by atoms with Crippen molar-refractivity contribution in [2.24, 2.45) is 0 Å². The van der Waals surface area contributed by atoms with E-state index >= 15 is 0 Å². The van der Waals surface area contributed by atoms with Crippen molar-refractivity contribution in [1.29, 1.82) is 0 Å². The van der Waals surface area contributed by atoms with Crippen LogP contribution in [0.25, 0.3) is 0 Å². The predicted molar refractivity (Wildman–Crippen MR) is 77.6 cm³/mol. The zero-order valence-electron chi connectivity index (χ0n) is 10.3. The van der Waals surface area contributed by atoms with Gasteiger partial charge >= 0.3 is 0 Å². The van der Waals surface area contributed by atoms with E-state index < -0.39 is 0 Å². The average molecular weight is 338 g/mol. The van der Waals surface area contributed by atoms with E-state index in [4.69, 9.17) is 4.43 Å². The third-order valence-electron chi connectivity index (χ3n) is 1.90. The smallest absolute Gasteiger partial charge is 0.236 e. The Morgan fingerprint density at radius 2 is 2.00 bits per heavy atom. The van der Waals surface area contributed by atoms with Crippen LogP contribution < -0.4 is 0 Å². The van der Waals surface area contributed by atoms with E-state index in [1.165, 1.54) is 19.3 Å². The second-order valence-corrected chi connectivity index (χ2v) is 7.48. The van der Waals surface area contributed by atoms with Crippen LogP contribution in [-0.2, 0) is 4.43 Å². The SMILES string of the molecule is CCCCCC(/C=C/I)O[Si]C(C)(C)C. The van der Waals surface area contributed by atoms with E-state index in [2.05, 4.69) is 60.4 Å². The van der Waals surface area contributed by atoms with Crippen molar-refractivity contribution in [2.75, 3.05) is 0 Å². The topological polar surface area (TPSA) is 9.23 Å². The standard InChI is InChI=1S/C12H23IOSi/c1-5-6-7-8-11(9-10-13)14-15-12(2,3)4/h9-11H,5-8H2,1-4H3/b10-9+. The van der Waals surface area contributed by atoms with Crippen molar-refractivity contribution in [3.05, 3.63) is 10.2 Å². The van der Waals surface area contributed by atoms with E-state index in [1.54, 1.807) is 0 Å². The summed E-state index contributed by atoms with van der Waals surface area (Å²) in [6.45, 7) is 8.91. The number of rotatable bonds is 7. The molecule has 2 radical (unpaired) electrons. The number of halogens is 1. The van der Waals surface area contributed by atoms with E-state index in [1.807, 2.05) is 0 Å². The fourth-order valence-corrected chi connectivity index (χ4v) is 2.29. The third kappa shape index (κ3) is 10.9. The highest BCUT2D eigenvalue weighted by Gasteiger charge is 2.16. The Bertz CT molecular complexity index is 175. The first-order chi connectivity index (χ1) is 6.99. The summed E-state index contributed by atoms with van der Waals surface area (Å²) < 4.78 is 8.00. The van der Waals surface area contributed by atoms with Gasteiger partial charge in [-0.25, -0.2) is 0 Å². The van der Waals surface area contributed by atoms with Gasteiger partial charge in [0.15, 0.2) is 0 Å². The Balaban J connectivity index is 3.83. The van der Waals surface area contributed by atoms with Crippen LogP contribution >= 0.6 is 22.6 Å². The summed E-state index contributed by atoms with van der Waals surface area (Å²) in [5.74, 6) is 0. The molecule has 88 valence electrons. The maximum absolute atomic E-state index is 5.93. The van der Waals surface area contributed by atoms with Crippen LogP contribution in [0.1, 0.15) is 53.4 Å². The van der Waals surface area contributed by atoms with E-state index in [-0.39, 0.29) is 0 Å². The zero-order chi connectivity index (χ0) is 11.7. The summed E-state index contributed by atoms with van der Waals surface area (Å²) in [7, 11) is 0.589. The number of unbranched alkanes of at least 4 members (excludes halogenated alkanes) is 2. The summed E-state index contributed by atoms with van der Waals surface area (Å²) in [6, 6.07) is 0. The summed E-state index contributed by atoms with van der Waals surface area (Å²) in [5, 5.41) is 0.294. The van der Waals surface area contributed by atoms with Crippen molar-refractivity contribution < 1.29 is 4.43 Å². The first kappa shape index (κ1) is 15.6. The molecule has 0 N–H and O–H groups in total. The van der Waals surface area contributed by atoms with Gasteiger partial charge in [-0.15, -0.1) is 0 Å². The molecule has 1 atom stereocenters. The number of hydrogen-bond acceptors (Lipinski definition) is 1. The normalized spacial score (nSPS) is 14.7. The maximum atomic E-state index is 5.93. The minimum absolute atomic E-state index is 0.294. The van der Waals surface area contributed by atoms with Gasteiger partial charge in [0.1, 0.15) is 0 Å². The van der Waals surface area contributed by atoms with Crippen molar-refractivity contribution in [2.45, 2.75) is 64.5 Å². The molecule has 0 aromatic carbocycles. The molecule has 0 aliphatic heterocycles. The molecule has 0 aromatic rings. The number of hydrogen-bond donors (Lipinski definition) is 0. The Morgan fingerprint density at radius 3 is 2.47 bits per heavy atom. The van der Waals surface area contributed by atoms with Crippen LogP contribution in [0.15, 0.2) is 10.2 Å². The molecule has 0 saturated heterocycles. The highest BCUT2D eigenvalue weighted by atomic mass is 127. The van der Waals surface area contributed by atoms with Gasteiger partial charge in [0.25, 0.3) is 0 Å². The third-order valence-corrected chi connectivity index (χ3v) is 3.34. The Morgan fingerprint density at radius 1 is 1.33 bits per heavy atom. The molecule has 15 heavy (non-hydrogen) atoms. The molecule has 1 unspecified atom stereocenters. The lowest BCUT2D eigenvalue weighted by Crippen LogP contribution is -2.19.